The monoisotopic (exact) mass is 453 g/mol. The normalized spacial score (nSPS) is 14.8. The minimum Gasteiger partial charge on any atom is -0.496 e. The first-order valence-electron chi connectivity index (χ1n) is 10.4. The fourth-order valence-electron chi connectivity index (χ4n) is 3.95. The van der Waals surface area contributed by atoms with Crippen LogP contribution in [0.1, 0.15) is 23.0 Å². The first kappa shape index (κ1) is 21.0. The maximum Gasteiger partial charge on any atom is 0.228 e. The average molecular weight is 453 g/mol. The average Bonchev–Trinajstić information content (AvgIpc) is 3.33. The highest BCUT2D eigenvalue weighted by atomic mass is 16.5. The van der Waals surface area contributed by atoms with Crippen molar-refractivity contribution in [3.8, 4) is 28.8 Å². The highest BCUT2D eigenvalue weighted by Gasteiger charge is 2.36. The zero-order valence-electron chi connectivity index (χ0n) is 18.1. The minimum absolute atomic E-state index is 0.0558. The van der Waals surface area contributed by atoms with Crippen LogP contribution in [0.5, 0.6) is 11.5 Å². The number of nitriles is 1. The van der Waals surface area contributed by atoms with Crippen molar-refractivity contribution in [2.45, 2.75) is 12.5 Å². The van der Waals surface area contributed by atoms with Crippen LogP contribution in [0, 0.1) is 11.3 Å². The molecular formula is C25H19N5O4. The van der Waals surface area contributed by atoms with Gasteiger partial charge >= 0.3 is 0 Å². The number of aromatic nitrogens is 3. The lowest BCUT2D eigenvalue weighted by atomic mass is 9.87. The lowest BCUT2D eigenvalue weighted by Gasteiger charge is -2.25. The predicted octanol–water partition coefficient (Wildman–Crippen LogP) is 3.17. The van der Waals surface area contributed by atoms with Gasteiger partial charge in [0.15, 0.2) is 5.76 Å². The van der Waals surface area contributed by atoms with Gasteiger partial charge in [0.1, 0.15) is 35.4 Å². The summed E-state index contributed by atoms with van der Waals surface area (Å²) < 4.78 is 18.7. The van der Waals surface area contributed by atoms with Crippen LogP contribution in [0.15, 0.2) is 87.5 Å². The van der Waals surface area contributed by atoms with Crippen LogP contribution in [0.25, 0.3) is 11.3 Å². The third kappa shape index (κ3) is 3.67. The Hall–Kier alpha value is -4.84. The van der Waals surface area contributed by atoms with E-state index in [1.807, 2.05) is 36.4 Å². The number of allylic oxidation sites excluding steroid dienone is 1. The van der Waals surface area contributed by atoms with Crippen LogP contribution in [-0.4, -0.2) is 22.1 Å². The van der Waals surface area contributed by atoms with Crippen molar-refractivity contribution in [3.05, 3.63) is 106 Å². The van der Waals surface area contributed by atoms with Gasteiger partial charge in [0, 0.05) is 17.2 Å². The highest BCUT2D eigenvalue weighted by Crippen LogP contribution is 2.43. The smallest absolute Gasteiger partial charge is 0.228 e. The molecule has 2 N–H and O–H groups in total. The Labute approximate surface area is 194 Å². The van der Waals surface area contributed by atoms with E-state index >= 15 is 0 Å². The van der Waals surface area contributed by atoms with Gasteiger partial charge in [-0.1, -0.05) is 53.7 Å². The molecule has 0 bridgehead atoms. The van der Waals surface area contributed by atoms with Crippen LogP contribution in [-0.2, 0) is 6.54 Å². The largest absolute Gasteiger partial charge is 0.496 e. The maximum atomic E-state index is 13.0. The molecule has 0 amide bonds. The number of methoxy groups -OCH3 is 1. The van der Waals surface area contributed by atoms with Gasteiger partial charge in [0.2, 0.25) is 17.1 Å². The fourth-order valence-corrected chi connectivity index (χ4v) is 3.95. The number of hydrogen-bond acceptors (Lipinski definition) is 8. The number of fused-ring (bicyclic) bond motifs is 1. The summed E-state index contributed by atoms with van der Waals surface area (Å²) in [4.78, 5) is 13.0. The van der Waals surface area contributed by atoms with Gasteiger partial charge in [-0.05, 0) is 6.07 Å². The van der Waals surface area contributed by atoms with Crippen LogP contribution >= 0.6 is 0 Å². The molecule has 0 saturated carbocycles. The molecular weight excluding hydrogens is 434 g/mol. The van der Waals surface area contributed by atoms with Gasteiger partial charge in [-0.3, -0.25) is 4.79 Å². The van der Waals surface area contributed by atoms with E-state index < -0.39 is 11.3 Å². The molecule has 9 heteroatoms. The third-order valence-electron chi connectivity index (χ3n) is 5.51. The number of para-hydroxylation sites is 1. The van der Waals surface area contributed by atoms with Crippen molar-refractivity contribution in [2.75, 3.05) is 7.11 Å². The second-order valence-corrected chi connectivity index (χ2v) is 7.60. The summed E-state index contributed by atoms with van der Waals surface area (Å²) >= 11 is 0. The van der Waals surface area contributed by atoms with E-state index in [4.69, 9.17) is 19.6 Å². The summed E-state index contributed by atoms with van der Waals surface area (Å²) in [5.41, 5.74) is 7.96. The van der Waals surface area contributed by atoms with Crippen molar-refractivity contribution in [1.29, 1.82) is 5.26 Å². The Morgan fingerprint density at radius 1 is 1.18 bits per heavy atom. The predicted molar refractivity (Wildman–Crippen MR) is 122 cm³/mol. The zero-order valence-corrected chi connectivity index (χ0v) is 18.1. The van der Waals surface area contributed by atoms with E-state index in [1.165, 1.54) is 13.2 Å². The summed E-state index contributed by atoms with van der Waals surface area (Å²) in [7, 11) is 1.53. The first-order chi connectivity index (χ1) is 16.6. The Balaban J connectivity index is 1.58. The summed E-state index contributed by atoms with van der Waals surface area (Å²) in [6.07, 6.45) is 1.77. The molecule has 0 spiro atoms. The molecule has 1 unspecified atom stereocenters. The van der Waals surface area contributed by atoms with E-state index in [2.05, 4.69) is 16.4 Å². The van der Waals surface area contributed by atoms with E-state index in [1.54, 1.807) is 29.1 Å². The topological polar surface area (TPSA) is 129 Å². The summed E-state index contributed by atoms with van der Waals surface area (Å²) in [5, 5.41) is 18.2. The van der Waals surface area contributed by atoms with E-state index in [-0.39, 0.29) is 29.5 Å². The number of ether oxygens (including phenoxy) is 2. The Morgan fingerprint density at radius 3 is 2.71 bits per heavy atom. The second-order valence-electron chi connectivity index (χ2n) is 7.60. The van der Waals surface area contributed by atoms with Crippen molar-refractivity contribution in [2.24, 2.45) is 5.73 Å². The number of benzene rings is 2. The third-order valence-corrected chi connectivity index (χ3v) is 5.51. The summed E-state index contributed by atoms with van der Waals surface area (Å²) in [6, 6.07) is 20.2. The molecule has 168 valence electrons. The lowest BCUT2D eigenvalue weighted by molar-refractivity contribution is 0.326. The van der Waals surface area contributed by atoms with Gasteiger partial charge in [0.25, 0.3) is 0 Å². The molecule has 2 aromatic heterocycles. The number of rotatable bonds is 5. The number of nitrogens with zero attached hydrogens (tertiary/aromatic N) is 4. The molecule has 5 rings (SSSR count). The van der Waals surface area contributed by atoms with Crippen LogP contribution in [0.2, 0.25) is 0 Å². The molecule has 9 nitrogen and oxygen atoms in total. The van der Waals surface area contributed by atoms with Gasteiger partial charge in [-0.25, -0.2) is 4.68 Å². The number of nitrogens with two attached hydrogens (primary N) is 1. The quantitative estimate of drug-likeness (QED) is 0.488. The lowest BCUT2D eigenvalue weighted by Crippen LogP contribution is -2.26. The molecule has 2 aromatic carbocycles. The first-order valence-corrected chi connectivity index (χ1v) is 10.4. The van der Waals surface area contributed by atoms with Gasteiger partial charge in [-0.2, -0.15) is 5.26 Å². The maximum absolute atomic E-state index is 13.0. The fraction of sp³-hybridized carbons (Fsp3) is 0.120. The molecule has 1 atom stereocenters. The molecule has 0 fully saturated rings. The molecule has 3 heterocycles. The molecule has 1 aliphatic heterocycles. The van der Waals surface area contributed by atoms with Gasteiger partial charge in [0.05, 0.1) is 19.2 Å². The molecule has 34 heavy (non-hydrogen) atoms. The molecule has 1 aliphatic rings. The highest BCUT2D eigenvalue weighted by molar-refractivity contribution is 5.57. The standard InChI is InChI=1S/C25H19N5O4/c1-32-21-10-6-5-9-17(21)22-18(12-26)25(27)34-23-20(31)11-16(33-24(22)23)13-30-14-19(28-29-30)15-7-3-2-4-8-15/h2-11,14,22H,13,27H2,1H3. The molecule has 0 radical (unpaired) electrons. The van der Waals surface area contributed by atoms with Gasteiger partial charge < -0.3 is 19.6 Å². The summed E-state index contributed by atoms with van der Waals surface area (Å²) in [6.45, 7) is 0.155. The number of hydrogen-bond donors (Lipinski definition) is 1. The van der Waals surface area contributed by atoms with Crippen molar-refractivity contribution in [3.63, 3.8) is 0 Å². The second kappa shape index (κ2) is 8.60. The van der Waals surface area contributed by atoms with Crippen molar-refractivity contribution < 1.29 is 13.9 Å². The SMILES string of the molecule is COc1ccccc1C1C(C#N)=C(N)Oc2c1oc(Cn1cc(-c3ccccc3)nn1)cc2=O. The molecule has 0 aliphatic carbocycles. The van der Waals surface area contributed by atoms with Crippen LogP contribution in [0.3, 0.4) is 0 Å². The van der Waals surface area contributed by atoms with E-state index in [9.17, 15) is 10.1 Å². The Morgan fingerprint density at radius 2 is 1.94 bits per heavy atom. The Kier molecular flexibility index (Phi) is 5.32. The van der Waals surface area contributed by atoms with Crippen LogP contribution < -0.4 is 20.6 Å². The van der Waals surface area contributed by atoms with E-state index in [0.717, 1.165) is 5.56 Å². The van der Waals surface area contributed by atoms with Crippen LogP contribution in [0.4, 0.5) is 0 Å². The molecule has 0 saturated heterocycles. The van der Waals surface area contributed by atoms with Crippen molar-refractivity contribution in [1.82, 2.24) is 15.0 Å². The van der Waals surface area contributed by atoms with Crippen molar-refractivity contribution >= 4 is 0 Å². The zero-order chi connectivity index (χ0) is 23.7. The van der Waals surface area contributed by atoms with Gasteiger partial charge in [-0.15, -0.1) is 5.10 Å². The minimum atomic E-state index is -0.770. The Bertz CT molecular complexity index is 1500. The molecule has 4 aromatic rings. The summed E-state index contributed by atoms with van der Waals surface area (Å²) in [5.74, 6) is 0.0658. The van der Waals surface area contributed by atoms with E-state index in [0.29, 0.717) is 22.8 Å².